The Morgan fingerprint density at radius 2 is 1.84 bits per heavy atom. The summed E-state index contributed by atoms with van der Waals surface area (Å²) in [6, 6.07) is -0.310. The van der Waals surface area contributed by atoms with Crippen LogP contribution in [0.5, 0.6) is 0 Å². The maximum absolute atomic E-state index is 13.5. The highest BCUT2D eigenvalue weighted by molar-refractivity contribution is 5.73. The Kier molecular flexibility index (Phi) is 3.59. The minimum atomic E-state index is -1.68. The molecule has 0 spiro atoms. The molecule has 1 unspecified atom stereocenters. The zero-order chi connectivity index (χ0) is 14.2. The van der Waals surface area contributed by atoms with Crippen LogP contribution in [0.3, 0.4) is 0 Å². The average molecular weight is 277 g/mol. The van der Waals surface area contributed by atoms with Gasteiger partial charge < -0.3 is 10.2 Å². The lowest BCUT2D eigenvalue weighted by Gasteiger charge is -2.20. The highest BCUT2D eigenvalue weighted by atomic mass is 19.2. The molecule has 0 aliphatic carbocycles. The molecule has 1 aromatic heterocycles. The molecule has 1 aliphatic heterocycles. The van der Waals surface area contributed by atoms with E-state index in [1.165, 1.54) is 6.92 Å². The molecule has 2 rings (SSSR count). The summed E-state index contributed by atoms with van der Waals surface area (Å²) in [5.74, 6) is -6.70. The van der Waals surface area contributed by atoms with E-state index in [-0.39, 0.29) is 25.0 Å². The fourth-order valence-electron chi connectivity index (χ4n) is 2.12. The van der Waals surface area contributed by atoms with E-state index in [1.807, 2.05) is 0 Å². The number of hydrogen-bond acceptors (Lipinski definition) is 3. The van der Waals surface area contributed by atoms with Gasteiger partial charge in [-0.25, -0.2) is 0 Å². The van der Waals surface area contributed by atoms with Crippen LogP contribution in [-0.4, -0.2) is 30.0 Å². The maximum atomic E-state index is 13.5. The number of nitrogens with one attached hydrogen (secondary N) is 1. The van der Waals surface area contributed by atoms with E-state index in [1.54, 1.807) is 0 Å². The molecule has 1 N–H and O–H groups in total. The van der Waals surface area contributed by atoms with Crippen LogP contribution < -0.4 is 10.2 Å². The SMILES string of the molecule is CC(=O)NC1CCN(c2c(F)c(F)nc(F)c2F)C1. The van der Waals surface area contributed by atoms with Gasteiger partial charge in [0.05, 0.1) is 0 Å². The largest absolute Gasteiger partial charge is 0.364 e. The summed E-state index contributed by atoms with van der Waals surface area (Å²) in [6.45, 7) is 1.58. The van der Waals surface area contributed by atoms with Crippen molar-refractivity contribution in [3.63, 3.8) is 0 Å². The predicted molar refractivity (Wildman–Crippen MR) is 58.5 cm³/mol. The van der Waals surface area contributed by atoms with Crippen molar-refractivity contribution in [2.24, 2.45) is 0 Å². The molecular formula is C11H11F4N3O. The number of anilines is 1. The number of nitrogens with zero attached hydrogens (tertiary/aromatic N) is 2. The zero-order valence-corrected chi connectivity index (χ0v) is 10.0. The number of aromatic nitrogens is 1. The van der Waals surface area contributed by atoms with Crippen molar-refractivity contribution >= 4 is 11.6 Å². The molecule has 0 aromatic carbocycles. The summed E-state index contributed by atoms with van der Waals surface area (Å²) >= 11 is 0. The first-order valence-corrected chi connectivity index (χ1v) is 5.62. The van der Waals surface area contributed by atoms with Crippen molar-refractivity contribution in [2.45, 2.75) is 19.4 Å². The second-order valence-corrected chi connectivity index (χ2v) is 4.30. The van der Waals surface area contributed by atoms with Gasteiger partial charge in [0.15, 0.2) is 0 Å². The van der Waals surface area contributed by atoms with Gasteiger partial charge in [-0.05, 0) is 6.42 Å². The summed E-state index contributed by atoms with van der Waals surface area (Å²) in [4.78, 5) is 14.5. The quantitative estimate of drug-likeness (QED) is 0.655. The first kappa shape index (κ1) is 13.6. The number of halogens is 4. The lowest BCUT2D eigenvalue weighted by Crippen LogP contribution is -2.36. The summed E-state index contributed by atoms with van der Waals surface area (Å²) < 4.78 is 53.0. The van der Waals surface area contributed by atoms with E-state index in [9.17, 15) is 22.4 Å². The van der Waals surface area contributed by atoms with Crippen molar-refractivity contribution in [3.05, 3.63) is 23.5 Å². The van der Waals surface area contributed by atoms with Gasteiger partial charge in [-0.15, -0.1) is 0 Å². The molecule has 0 saturated carbocycles. The Balaban J connectivity index is 2.27. The summed E-state index contributed by atoms with van der Waals surface area (Å²) in [6.07, 6.45) is 0.435. The molecule has 104 valence electrons. The monoisotopic (exact) mass is 277 g/mol. The Hall–Kier alpha value is -1.86. The highest BCUT2D eigenvalue weighted by Gasteiger charge is 2.31. The van der Waals surface area contributed by atoms with Gasteiger partial charge in [0.2, 0.25) is 17.5 Å². The van der Waals surface area contributed by atoms with Crippen molar-refractivity contribution in [1.29, 1.82) is 0 Å². The van der Waals surface area contributed by atoms with Crippen LogP contribution in [0, 0.1) is 23.5 Å². The first-order valence-electron chi connectivity index (χ1n) is 5.62. The van der Waals surface area contributed by atoms with Crippen molar-refractivity contribution in [2.75, 3.05) is 18.0 Å². The zero-order valence-electron chi connectivity index (χ0n) is 10.0. The van der Waals surface area contributed by atoms with Crippen molar-refractivity contribution < 1.29 is 22.4 Å². The van der Waals surface area contributed by atoms with Crippen LogP contribution in [0.25, 0.3) is 0 Å². The minimum Gasteiger partial charge on any atom is -0.364 e. The van der Waals surface area contributed by atoms with Gasteiger partial charge in [0.1, 0.15) is 5.69 Å². The molecule has 19 heavy (non-hydrogen) atoms. The van der Waals surface area contributed by atoms with E-state index in [0.29, 0.717) is 6.42 Å². The Morgan fingerprint density at radius 3 is 2.37 bits per heavy atom. The van der Waals surface area contributed by atoms with Crippen LogP contribution in [0.2, 0.25) is 0 Å². The number of hydrogen-bond donors (Lipinski definition) is 1. The Bertz CT molecular complexity index is 497. The van der Waals surface area contributed by atoms with Crippen LogP contribution in [-0.2, 0) is 4.79 Å². The van der Waals surface area contributed by atoms with Crippen LogP contribution in [0.4, 0.5) is 23.2 Å². The van der Waals surface area contributed by atoms with E-state index in [2.05, 4.69) is 10.3 Å². The lowest BCUT2D eigenvalue weighted by molar-refractivity contribution is -0.119. The predicted octanol–water partition coefficient (Wildman–Crippen LogP) is 1.35. The fraction of sp³-hybridized carbons (Fsp3) is 0.455. The van der Waals surface area contributed by atoms with Crippen molar-refractivity contribution in [1.82, 2.24) is 10.3 Å². The smallest absolute Gasteiger partial charge is 0.253 e. The number of pyridine rings is 1. The molecule has 8 heteroatoms. The van der Waals surface area contributed by atoms with Gasteiger partial charge in [0, 0.05) is 26.1 Å². The van der Waals surface area contributed by atoms with Gasteiger partial charge in [0.25, 0.3) is 11.9 Å². The van der Waals surface area contributed by atoms with Crippen LogP contribution in [0.15, 0.2) is 0 Å². The Labute approximate surface area is 106 Å². The third-order valence-corrected chi connectivity index (χ3v) is 2.89. The molecule has 2 heterocycles. The standard InChI is InChI=1S/C11H11F4N3O/c1-5(19)16-6-2-3-18(4-6)9-7(12)10(14)17-11(15)8(9)13/h6H,2-4H2,1H3,(H,16,19). The second-order valence-electron chi connectivity index (χ2n) is 4.30. The van der Waals surface area contributed by atoms with E-state index < -0.39 is 29.2 Å². The Morgan fingerprint density at radius 1 is 1.26 bits per heavy atom. The molecule has 1 fully saturated rings. The number of carbonyl (C=O) groups is 1. The highest BCUT2D eigenvalue weighted by Crippen LogP contribution is 2.28. The summed E-state index contributed by atoms with van der Waals surface area (Å²) in [5, 5.41) is 2.58. The second kappa shape index (κ2) is 5.02. The molecule has 1 aromatic rings. The van der Waals surface area contributed by atoms with Gasteiger partial charge >= 0.3 is 0 Å². The average Bonchev–Trinajstić information content (AvgIpc) is 2.74. The van der Waals surface area contributed by atoms with E-state index in [0.717, 1.165) is 4.90 Å². The topological polar surface area (TPSA) is 45.2 Å². The maximum Gasteiger partial charge on any atom is 0.253 e. The molecule has 1 atom stereocenters. The summed E-state index contributed by atoms with van der Waals surface area (Å²) in [5.41, 5.74) is -0.780. The van der Waals surface area contributed by atoms with Crippen LogP contribution in [0.1, 0.15) is 13.3 Å². The molecule has 0 radical (unpaired) electrons. The van der Waals surface area contributed by atoms with Gasteiger partial charge in [-0.1, -0.05) is 0 Å². The lowest BCUT2D eigenvalue weighted by atomic mass is 10.2. The number of rotatable bonds is 2. The normalized spacial score (nSPS) is 18.8. The third-order valence-electron chi connectivity index (χ3n) is 2.89. The molecular weight excluding hydrogens is 266 g/mol. The number of amides is 1. The summed E-state index contributed by atoms with van der Waals surface area (Å²) in [7, 11) is 0. The van der Waals surface area contributed by atoms with E-state index >= 15 is 0 Å². The first-order chi connectivity index (χ1) is 8.90. The van der Waals surface area contributed by atoms with Crippen molar-refractivity contribution in [3.8, 4) is 0 Å². The molecule has 1 amide bonds. The van der Waals surface area contributed by atoms with Crippen LogP contribution >= 0.6 is 0 Å². The molecule has 4 nitrogen and oxygen atoms in total. The third kappa shape index (κ3) is 2.61. The molecule has 1 aliphatic rings. The van der Waals surface area contributed by atoms with E-state index in [4.69, 9.17) is 0 Å². The van der Waals surface area contributed by atoms with Gasteiger partial charge in [-0.2, -0.15) is 22.5 Å². The minimum absolute atomic E-state index is 0.0797. The molecule has 0 bridgehead atoms. The fourth-order valence-corrected chi connectivity index (χ4v) is 2.12. The van der Waals surface area contributed by atoms with Gasteiger partial charge in [-0.3, -0.25) is 4.79 Å². The molecule has 1 saturated heterocycles. The number of carbonyl (C=O) groups excluding carboxylic acids is 1.